The molecule has 1 unspecified atom stereocenters. The molecule has 1 atom stereocenters. The molecule has 1 aromatic heterocycles. The van der Waals surface area contributed by atoms with E-state index in [1.54, 1.807) is 32.0 Å². The fraction of sp³-hybridized carbons (Fsp3) is 0.267. The lowest BCUT2D eigenvalue weighted by atomic mass is 10.3. The molecular formula is C15H16F2N4OS2. The monoisotopic (exact) mass is 370 g/mol. The number of anilines is 2. The molecule has 0 saturated carbocycles. The number of hydrogen-bond acceptors (Lipinski definition) is 6. The van der Waals surface area contributed by atoms with Gasteiger partial charge in [0.1, 0.15) is 5.82 Å². The van der Waals surface area contributed by atoms with Crippen LogP contribution >= 0.6 is 23.5 Å². The van der Waals surface area contributed by atoms with Crippen LogP contribution in [0.5, 0.6) is 0 Å². The van der Waals surface area contributed by atoms with Crippen molar-refractivity contribution in [3.8, 4) is 0 Å². The number of thioether (sulfide) groups is 2. The minimum absolute atomic E-state index is 0.238. The van der Waals surface area contributed by atoms with Gasteiger partial charge in [-0.1, -0.05) is 23.5 Å². The number of nitrogens with two attached hydrogens (primary N) is 1. The highest BCUT2D eigenvalue weighted by atomic mass is 32.2. The highest BCUT2D eigenvalue weighted by Gasteiger charge is 2.17. The van der Waals surface area contributed by atoms with Gasteiger partial charge >= 0.3 is 0 Å². The minimum Gasteiger partial charge on any atom is -0.384 e. The molecule has 0 fully saturated rings. The molecule has 0 aliphatic heterocycles. The van der Waals surface area contributed by atoms with Crippen LogP contribution < -0.4 is 11.1 Å². The van der Waals surface area contributed by atoms with Crippen molar-refractivity contribution in [2.24, 2.45) is 0 Å². The molecule has 128 valence electrons. The van der Waals surface area contributed by atoms with Crippen molar-refractivity contribution < 1.29 is 13.6 Å². The van der Waals surface area contributed by atoms with E-state index in [0.717, 1.165) is 5.69 Å². The van der Waals surface area contributed by atoms with Crippen LogP contribution in [0.3, 0.4) is 0 Å². The Bertz CT molecular complexity index is 693. The molecule has 1 aromatic carbocycles. The van der Waals surface area contributed by atoms with Crippen LogP contribution in [0.15, 0.2) is 40.4 Å². The van der Waals surface area contributed by atoms with E-state index < -0.39 is 11.0 Å². The number of nitrogens with one attached hydrogen (secondary N) is 1. The Morgan fingerprint density at radius 2 is 1.88 bits per heavy atom. The van der Waals surface area contributed by atoms with E-state index in [-0.39, 0.29) is 5.91 Å². The number of benzene rings is 1. The summed E-state index contributed by atoms with van der Waals surface area (Å²) in [4.78, 5) is 20.9. The van der Waals surface area contributed by atoms with Gasteiger partial charge in [-0.05, 0) is 38.1 Å². The second-order valence-electron chi connectivity index (χ2n) is 4.87. The van der Waals surface area contributed by atoms with E-state index in [9.17, 15) is 13.6 Å². The highest BCUT2D eigenvalue weighted by molar-refractivity contribution is 8.00. The Hall–Kier alpha value is -1.87. The molecule has 3 N–H and O–H groups in total. The summed E-state index contributed by atoms with van der Waals surface area (Å²) in [6.45, 7) is 3.52. The third-order valence-electron chi connectivity index (χ3n) is 2.85. The molecule has 1 heterocycles. The fourth-order valence-corrected chi connectivity index (χ4v) is 3.13. The standard InChI is InChI=1S/C15H16F2N4OS2/c1-8-7-12(18)21-15(19-8)23-9(2)13(22)20-10-3-5-11(6-4-10)24-14(16)17/h3-7,9,14H,1-2H3,(H,20,22)(H2,18,19,21). The zero-order chi connectivity index (χ0) is 17.7. The quantitative estimate of drug-likeness (QED) is 0.595. The number of rotatable bonds is 6. The first-order valence-electron chi connectivity index (χ1n) is 6.97. The summed E-state index contributed by atoms with van der Waals surface area (Å²) in [5, 5.41) is 2.71. The zero-order valence-electron chi connectivity index (χ0n) is 13.0. The molecule has 0 spiro atoms. The van der Waals surface area contributed by atoms with E-state index in [4.69, 9.17) is 5.73 Å². The number of aromatic nitrogens is 2. The molecule has 2 aromatic rings. The van der Waals surface area contributed by atoms with Crippen LogP contribution in [0.2, 0.25) is 0 Å². The van der Waals surface area contributed by atoms with Crippen LogP contribution in [0, 0.1) is 6.92 Å². The van der Waals surface area contributed by atoms with Gasteiger partial charge in [-0.15, -0.1) is 0 Å². The molecule has 2 rings (SSSR count). The summed E-state index contributed by atoms with van der Waals surface area (Å²) < 4.78 is 24.5. The molecule has 0 radical (unpaired) electrons. The number of carbonyl (C=O) groups is 1. The van der Waals surface area contributed by atoms with Crippen molar-refractivity contribution in [1.82, 2.24) is 9.97 Å². The largest absolute Gasteiger partial charge is 0.384 e. The molecule has 0 aliphatic rings. The number of alkyl halides is 2. The Labute approximate surface area is 146 Å². The first-order valence-corrected chi connectivity index (χ1v) is 8.73. The third-order valence-corrected chi connectivity index (χ3v) is 4.54. The SMILES string of the molecule is Cc1cc(N)nc(SC(C)C(=O)Nc2ccc(SC(F)F)cc2)n1. The van der Waals surface area contributed by atoms with E-state index in [1.165, 1.54) is 23.9 Å². The summed E-state index contributed by atoms with van der Waals surface area (Å²) in [5.74, 6) is -2.36. The summed E-state index contributed by atoms with van der Waals surface area (Å²) in [6, 6.07) is 7.89. The normalized spacial score (nSPS) is 12.2. The van der Waals surface area contributed by atoms with Crippen LogP contribution in [-0.4, -0.2) is 26.9 Å². The van der Waals surface area contributed by atoms with Gasteiger partial charge in [0.15, 0.2) is 5.16 Å². The maximum atomic E-state index is 12.3. The van der Waals surface area contributed by atoms with E-state index >= 15 is 0 Å². The van der Waals surface area contributed by atoms with Crippen molar-refractivity contribution in [1.29, 1.82) is 0 Å². The van der Waals surface area contributed by atoms with Gasteiger partial charge in [0.2, 0.25) is 5.91 Å². The van der Waals surface area contributed by atoms with Crippen LogP contribution in [0.4, 0.5) is 20.3 Å². The number of halogens is 2. The number of amides is 1. The minimum atomic E-state index is -2.47. The fourth-order valence-electron chi connectivity index (χ4n) is 1.79. The van der Waals surface area contributed by atoms with Crippen molar-refractivity contribution in [3.05, 3.63) is 36.0 Å². The van der Waals surface area contributed by atoms with Crippen molar-refractivity contribution in [2.45, 2.75) is 34.9 Å². The lowest BCUT2D eigenvalue weighted by molar-refractivity contribution is -0.115. The van der Waals surface area contributed by atoms with Gasteiger partial charge in [0.05, 0.1) is 5.25 Å². The highest BCUT2D eigenvalue weighted by Crippen LogP contribution is 2.27. The summed E-state index contributed by atoms with van der Waals surface area (Å²) in [7, 11) is 0. The van der Waals surface area contributed by atoms with Crippen LogP contribution in [0.25, 0.3) is 0 Å². The first-order chi connectivity index (χ1) is 11.3. The Balaban J connectivity index is 1.95. The smallest absolute Gasteiger partial charge is 0.288 e. The molecule has 0 aliphatic carbocycles. The number of aryl methyl sites for hydroxylation is 1. The van der Waals surface area contributed by atoms with Crippen LogP contribution in [0.1, 0.15) is 12.6 Å². The number of nitrogens with zero attached hydrogens (tertiary/aromatic N) is 2. The average molecular weight is 370 g/mol. The second-order valence-corrected chi connectivity index (χ2v) is 7.24. The maximum absolute atomic E-state index is 12.3. The van der Waals surface area contributed by atoms with Gasteiger partial charge < -0.3 is 11.1 Å². The van der Waals surface area contributed by atoms with Gasteiger partial charge in [0.25, 0.3) is 5.76 Å². The number of hydrogen-bond donors (Lipinski definition) is 2. The van der Waals surface area contributed by atoms with Crippen molar-refractivity contribution >= 4 is 40.9 Å². The summed E-state index contributed by atoms with van der Waals surface area (Å²) in [5.41, 5.74) is 6.93. The molecule has 24 heavy (non-hydrogen) atoms. The molecule has 9 heteroatoms. The lowest BCUT2D eigenvalue weighted by Crippen LogP contribution is -2.22. The predicted molar refractivity (Wildman–Crippen MR) is 93.4 cm³/mol. The molecule has 5 nitrogen and oxygen atoms in total. The van der Waals surface area contributed by atoms with E-state index in [1.807, 2.05) is 0 Å². The summed E-state index contributed by atoms with van der Waals surface area (Å²) >= 11 is 1.65. The first kappa shape index (κ1) is 18.5. The number of nitrogen functional groups attached to an aromatic ring is 1. The van der Waals surface area contributed by atoms with Gasteiger partial charge in [-0.3, -0.25) is 4.79 Å². The van der Waals surface area contributed by atoms with E-state index in [2.05, 4.69) is 15.3 Å². The third kappa shape index (κ3) is 5.64. The maximum Gasteiger partial charge on any atom is 0.288 e. The predicted octanol–water partition coefficient (Wildman–Crippen LogP) is 3.80. The van der Waals surface area contributed by atoms with Crippen molar-refractivity contribution in [3.63, 3.8) is 0 Å². The second kappa shape index (κ2) is 8.29. The Morgan fingerprint density at radius 3 is 2.46 bits per heavy atom. The number of carbonyl (C=O) groups excluding carboxylic acids is 1. The average Bonchev–Trinajstić information content (AvgIpc) is 2.47. The zero-order valence-corrected chi connectivity index (χ0v) is 14.6. The molecule has 0 saturated heterocycles. The van der Waals surface area contributed by atoms with Gasteiger partial charge in [0, 0.05) is 22.3 Å². The summed E-state index contributed by atoms with van der Waals surface area (Å²) in [6.07, 6.45) is 0. The Morgan fingerprint density at radius 1 is 1.21 bits per heavy atom. The lowest BCUT2D eigenvalue weighted by Gasteiger charge is -2.12. The van der Waals surface area contributed by atoms with E-state index in [0.29, 0.717) is 33.3 Å². The van der Waals surface area contributed by atoms with Crippen molar-refractivity contribution in [2.75, 3.05) is 11.1 Å². The molecule has 1 amide bonds. The molecular weight excluding hydrogens is 354 g/mol. The van der Waals surface area contributed by atoms with Gasteiger partial charge in [-0.2, -0.15) is 8.78 Å². The topological polar surface area (TPSA) is 80.9 Å². The van der Waals surface area contributed by atoms with Crippen LogP contribution in [-0.2, 0) is 4.79 Å². The molecule has 0 bridgehead atoms. The van der Waals surface area contributed by atoms with Gasteiger partial charge in [-0.25, -0.2) is 9.97 Å². The Kier molecular flexibility index (Phi) is 6.38.